The lowest BCUT2D eigenvalue weighted by molar-refractivity contribution is -0.0963. The van der Waals surface area contributed by atoms with Gasteiger partial charge in [0.1, 0.15) is 16.7 Å². The number of rotatable bonds is 3. The van der Waals surface area contributed by atoms with E-state index in [2.05, 4.69) is 47.7 Å². The quantitative estimate of drug-likeness (QED) is 0.415. The zero-order valence-corrected chi connectivity index (χ0v) is 28.9. The van der Waals surface area contributed by atoms with Crippen LogP contribution in [0.2, 0.25) is 5.02 Å². The molecule has 2 aromatic rings. The van der Waals surface area contributed by atoms with Gasteiger partial charge in [-0.1, -0.05) is 31.0 Å². The molecule has 0 saturated heterocycles. The van der Waals surface area contributed by atoms with Crippen molar-refractivity contribution in [3.8, 4) is 5.75 Å². The van der Waals surface area contributed by atoms with E-state index in [9.17, 15) is 14.1 Å². The fourth-order valence-corrected chi connectivity index (χ4v) is 9.60. The molecule has 1 spiro atoms. The van der Waals surface area contributed by atoms with Crippen molar-refractivity contribution >= 4 is 34.2 Å². The Morgan fingerprint density at radius 2 is 1.93 bits per heavy atom. The molecule has 2 bridgehead atoms. The summed E-state index contributed by atoms with van der Waals surface area (Å²) < 4.78 is 22.7. The maximum absolute atomic E-state index is 13.5. The number of halogens is 1. The fraction of sp³-hybridized carbons (Fsp3) is 0.639. The van der Waals surface area contributed by atoms with Crippen LogP contribution >= 0.6 is 11.6 Å². The Balaban J connectivity index is 1.41. The van der Waals surface area contributed by atoms with Gasteiger partial charge in [0.2, 0.25) is 0 Å². The minimum absolute atomic E-state index is 0.148. The van der Waals surface area contributed by atoms with Gasteiger partial charge in [-0.15, -0.1) is 0 Å². The number of fused-ring (bicyclic) bond motifs is 4. The molecule has 9 heteroatoms. The van der Waals surface area contributed by atoms with Crippen molar-refractivity contribution in [1.82, 2.24) is 9.62 Å². The molecule has 2 aromatic carbocycles. The Bertz CT molecular complexity index is 1440. The number of hydrogen-bond donors (Lipinski definition) is 2. The van der Waals surface area contributed by atoms with Crippen molar-refractivity contribution in [3.05, 3.63) is 58.1 Å². The van der Waals surface area contributed by atoms with Crippen LogP contribution in [0.4, 0.5) is 5.69 Å². The molecule has 7 nitrogen and oxygen atoms in total. The summed E-state index contributed by atoms with van der Waals surface area (Å²) in [6.45, 7) is 7.00. The predicted molar refractivity (Wildman–Crippen MR) is 183 cm³/mol. The summed E-state index contributed by atoms with van der Waals surface area (Å²) in [4.78, 5) is 18.1. The molecule has 2 aliphatic carbocycles. The maximum Gasteiger partial charge on any atom is 0.263 e. The van der Waals surface area contributed by atoms with E-state index in [1.807, 2.05) is 25.1 Å². The van der Waals surface area contributed by atoms with E-state index in [0.717, 1.165) is 93.9 Å². The van der Waals surface area contributed by atoms with E-state index in [1.54, 1.807) is 6.07 Å². The zero-order valence-electron chi connectivity index (χ0n) is 27.3. The smallest absolute Gasteiger partial charge is 0.263 e. The number of aliphatic hydroxyl groups is 1. The lowest BCUT2D eigenvalue weighted by Gasteiger charge is -2.50. The zero-order chi connectivity index (χ0) is 31.9. The van der Waals surface area contributed by atoms with Gasteiger partial charge in [-0.2, -0.15) is 0 Å². The SMILES string of the molecule is CC1CCC[C@](O)(CCN(C)C)C2CCC2CN2C[C@@]3(CCCc4cc(Cl)ccc43)COc3ccc(cc32)C(=O)NS(=O)C1C. The number of aryl methyl sites for hydroxylation is 1. The molecule has 0 radical (unpaired) electrons. The van der Waals surface area contributed by atoms with Crippen LogP contribution in [-0.2, 0) is 22.8 Å². The van der Waals surface area contributed by atoms with E-state index in [0.29, 0.717) is 18.1 Å². The number of hydrogen-bond acceptors (Lipinski definition) is 6. The number of nitrogens with one attached hydrogen (secondary N) is 1. The molecule has 2 heterocycles. The van der Waals surface area contributed by atoms with Crippen LogP contribution in [0.15, 0.2) is 36.4 Å². The molecule has 1 saturated carbocycles. The van der Waals surface area contributed by atoms with Gasteiger partial charge >= 0.3 is 0 Å². The van der Waals surface area contributed by atoms with Crippen molar-refractivity contribution in [2.75, 3.05) is 45.2 Å². The van der Waals surface area contributed by atoms with Crippen LogP contribution in [0, 0.1) is 17.8 Å². The minimum Gasteiger partial charge on any atom is -0.490 e. The molecule has 4 aliphatic rings. The highest BCUT2D eigenvalue weighted by molar-refractivity contribution is 7.84. The minimum atomic E-state index is -1.52. The molecule has 45 heavy (non-hydrogen) atoms. The van der Waals surface area contributed by atoms with Gasteiger partial charge in [-0.25, -0.2) is 4.21 Å². The largest absolute Gasteiger partial charge is 0.490 e. The normalized spacial score (nSPS) is 33.8. The standard InChI is InChI=1S/C36H50ClN3O4S/c1-24-7-5-16-36(42,17-18-39(3)4)31-12-9-28(31)21-40-22-35(15-6-8-26-19-29(37)11-13-30(26)35)23-44-33-14-10-27(20-32(33)40)34(41)38-45(43)25(24)2/h10-11,13-14,19-20,24-25,28,31,42H,5-9,12,15-18,21-23H2,1-4H3,(H,38,41)/t24?,25?,28?,31?,35-,36-,45?/m0/s1. The number of ether oxygens (including phenoxy) is 1. The fourth-order valence-electron chi connectivity index (χ4n) is 8.37. The molecule has 7 atom stereocenters. The molecular formula is C36H50ClN3O4S. The molecule has 6 rings (SSSR count). The number of benzene rings is 2. The molecule has 246 valence electrons. The highest BCUT2D eigenvalue weighted by Gasteiger charge is 2.48. The van der Waals surface area contributed by atoms with Gasteiger partial charge < -0.3 is 19.6 Å². The highest BCUT2D eigenvalue weighted by Crippen LogP contribution is 2.49. The summed E-state index contributed by atoms with van der Waals surface area (Å²) in [7, 11) is 2.63. The molecule has 2 N–H and O–H groups in total. The van der Waals surface area contributed by atoms with Gasteiger partial charge in [-0.3, -0.25) is 9.52 Å². The maximum atomic E-state index is 13.5. The highest BCUT2D eigenvalue weighted by atomic mass is 35.5. The molecule has 1 amide bonds. The van der Waals surface area contributed by atoms with Crippen molar-refractivity contribution in [2.24, 2.45) is 17.8 Å². The third-order valence-corrected chi connectivity index (χ3v) is 13.2. The first-order chi connectivity index (χ1) is 21.5. The number of nitrogens with zero attached hydrogens (tertiary/aromatic N) is 2. The third kappa shape index (κ3) is 6.67. The Hall–Kier alpha value is -2.13. The third-order valence-electron chi connectivity index (χ3n) is 11.5. The number of amides is 1. The first-order valence-electron chi connectivity index (χ1n) is 16.9. The summed E-state index contributed by atoms with van der Waals surface area (Å²) in [5.74, 6) is 1.14. The Labute approximate surface area is 276 Å². The van der Waals surface area contributed by atoms with E-state index in [4.69, 9.17) is 16.3 Å². The van der Waals surface area contributed by atoms with Crippen LogP contribution in [-0.4, -0.2) is 71.3 Å². The summed E-state index contributed by atoms with van der Waals surface area (Å²) in [5.41, 5.74) is 3.03. The summed E-state index contributed by atoms with van der Waals surface area (Å²) in [6.07, 6.45) is 8.39. The monoisotopic (exact) mass is 655 g/mol. The van der Waals surface area contributed by atoms with E-state index in [1.165, 1.54) is 11.1 Å². The second kappa shape index (κ2) is 13.2. The van der Waals surface area contributed by atoms with Crippen molar-refractivity contribution in [2.45, 2.75) is 87.9 Å². The van der Waals surface area contributed by atoms with E-state index in [-0.39, 0.29) is 28.4 Å². The average molecular weight is 656 g/mol. The second-order valence-electron chi connectivity index (χ2n) is 14.7. The van der Waals surface area contributed by atoms with E-state index < -0.39 is 16.6 Å². The average Bonchev–Trinajstić information content (AvgIpc) is 3.14. The molecule has 1 fully saturated rings. The Morgan fingerprint density at radius 3 is 2.69 bits per heavy atom. The predicted octanol–water partition coefficient (Wildman–Crippen LogP) is 6.12. The molecule has 2 aliphatic heterocycles. The summed E-state index contributed by atoms with van der Waals surface area (Å²) in [6, 6.07) is 11.9. The van der Waals surface area contributed by atoms with Crippen LogP contribution in [0.5, 0.6) is 5.75 Å². The Kier molecular flexibility index (Phi) is 9.60. The summed E-state index contributed by atoms with van der Waals surface area (Å²) in [5, 5.41) is 12.9. The first-order valence-corrected chi connectivity index (χ1v) is 18.5. The van der Waals surface area contributed by atoms with Gasteiger partial charge in [0.05, 0.1) is 23.1 Å². The van der Waals surface area contributed by atoms with Gasteiger partial charge in [0.15, 0.2) is 0 Å². The van der Waals surface area contributed by atoms with Gasteiger partial charge in [0.25, 0.3) is 5.91 Å². The van der Waals surface area contributed by atoms with Gasteiger partial charge in [0, 0.05) is 35.6 Å². The summed E-state index contributed by atoms with van der Waals surface area (Å²) >= 11 is 6.45. The van der Waals surface area contributed by atoms with Crippen LogP contribution < -0.4 is 14.4 Å². The number of carbonyl (C=O) groups is 1. The molecular weight excluding hydrogens is 606 g/mol. The van der Waals surface area contributed by atoms with Crippen LogP contribution in [0.25, 0.3) is 0 Å². The number of carbonyl (C=O) groups excluding carboxylic acids is 1. The van der Waals surface area contributed by atoms with Crippen molar-refractivity contribution in [3.63, 3.8) is 0 Å². The lowest BCUT2D eigenvalue weighted by Crippen LogP contribution is -2.53. The Morgan fingerprint density at radius 1 is 1.11 bits per heavy atom. The van der Waals surface area contributed by atoms with Crippen molar-refractivity contribution in [1.29, 1.82) is 0 Å². The van der Waals surface area contributed by atoms with Crippen molar-refractivity contribution < 1.29 is 18.8 Å². The number of anilines is 1. The van der Waals surface area contributed by atoms with Crippen LogP contribution in [0.1, 0.15) is 86.7 Å². The molecule has 0 aromatic heterocycles. The van der Waals surface area contributed by atoms with E-state index >= 15 is 0 Å². The van der Waals surface area contributed by atoms with Crippen LogP contribution in [0.3, 0.4) is 0 Å². The molecule has 5 unspecified atom stereocenters. The topological polar surface area (TPSA) is 82.1 Å². The van der Waals surface area contributed by atoms with Gasteiger partial charge in [-0.05, 0) is 132 Å². The second-order valence-corrected chi connectivity index (χ2v) is 16.7. The first kappa shape index (κ1) is 32.8. The lowest BCUT2D eigenvalue weighted by atomic mass is 9.62.